The lowest BCUT2D eigenvalue weighted by Gasteiger charge is -2.47. The smallest absolute Gasteiger partial charge is 0.251 e. The van der Waals surface area contributed by atoms with E-state index in [2.05, 4.69) is 0 Å². The van der Waals surface area contributed by atoms with Crippen LogP contribution in [-0.4, -0.2) is 61.5 Å². The molecule has 3 heterocycles. The summed E-state index contributed by atoms with van der Waals surface area (Å²) in [7, 11) is 0. The third-order valence-corrected chi connectivity index (χ3v) is 4.92. The number of rotatable bonds is 2. The zero-order valence-electron chi connectivity index (χ0n) is 11.3. The molecule has 0 aromatic rings. The van der Waals surface area contributed by atoms with E-state index in [1.165, 1.54) is 0 Å². The number of carbonyl (C=O) groups is 1. The van der Waals surface area contributed by atoms with E-state index in [1.54, 1.807) is 0 Å². The molecule has 0 aromatic heterocycles. The minimum Gasteiger partial charge on any atom is -0.383 e. The fourth-order valence-corrected chi connectivity index (χ4v) is 3.30. The standard InChI is InChI=1S/C14H23NO4/c16-12(11-1-7-18-8-2-11)13(17)15-5-3-14(4-6-15)9-19-10-14/h11-12,16H,1-10H2. The van der Waals surface area contributed by atoms with Gasteiger partial charge < -0.3 is 19.5 Å². The summed E-state index contributed by atoms with van der Waals surface area (Å²) in [5.41, 5.74) is 0.334. The van der Waals surface area contributed by atoms with Gasteiger partial charge in [0.05, 0.1) is 13.2 Å². The summed E-state index contributed by atoms with van der Waals surface area (Å²) in [6.07, 6.45) is 2.77. The molecule has 1 amide bonds. The monoisotopic (exact) mass is 269 g/mol. The molecule has 0 aliphatic carbocycles. The largest absolute Gasteiger partial charge is 0.383 e. The number of piperidine rings is 1. The number of hydrogen-bond donors (Lipinski definition) is 1. The van der Waals surface area contributed by atoms with Gasteiger partial charge in [0.25, 0.3) is 5.91 Å². The van der Waals surface area contributed by atoms with Gasteiger partial charge in [-0.3, -0.25) is 4.79 Å². The van der Waals surface area contributed by atoms with Gasteiger partial charge in [-0.25, -0.2) is 0 Å². The summed E-state index contributed by atoms with van der Waals surface area (Å²) in [6.45, 7) is 4.55. The van der Waals surface area contributed by atoms with Gasteiger partial charge >= 0.3 is 0 Å². The van der Waals surface area contributed by atoms with Crippen LogP contribution in [0.4, 0.5) is 0 Å². The first-order chi connectivity index (χ1) is 9.20. The van der Waals surface area contributed by atoms with E-state index >= 15 is 0 Å². The van der Waals surface area contributed by atoms with Crippen molar-refractivity contribution in [3.63, 3.8) is 0 Å². The minimum atomic E-state index is -0.837. The number of likely N-dealkylation sites (tertiary alicyclic amines) is 1. The normalized spacial score (nSPS) is 29.0. The molecule has 3 aliphatic rings. The molecule has 3 rings (SSSR count). The van der Waals surface area contributed by atoms with Gasteiger partial charge in [0.1, 0.15) is 6.10 Å². The molecular weight excluding hydrogens is 246 g/mol. The lowest BCUT2D eigenvalue weighted by atomic mass is 9.76. The topological polar surface area (TPSA) is 59.0 Å². The molecule has 108 valence electrons. The maximum Gasteiger partial charge on any atom is 0.251 e. The quantitative estimate of drug-likeness (QED) is 0.789. The van der Waals surface area contributed by atoms with E-state index in [4.69, 9.17) is 9.47 Å². The second-order valence-electron chi connectivity index (χ2n) is 6.21. The number of ether oxygens (including phenoxy) is 2. The first-order valence-electron chi connectivity index (χ1n) is 7.33. The molecule has 5 nitrogen and oxygen atoms in total. The predicted molar refractivity (Wildman–Crippen MR) is 68.6 cm³/mol. The van der Waals surface area contributed by atoms with Gasteiger partial charge in [-0.2, -0.15) is 0 Å². The van der Waals surface area contributed by atoms with E-state index in [9.17, 15) is 9.90 Å². The summed E-state index contributed by atoms with van der Waals surface area (Å²) >= 11 is 0. The molecule has 19 heavy (non-hydrogen) atoms. The summed E-state index contributed by atoms with van der Waals surface area (Å²) in [6, 6.07) is 0. The van der Waals surface area contributed by atoms with Crippen molar-refractivity contribution in [2.24, 2.45) is 11.3 Å². The van der Waals surface area contributed by atoms with Gasteiger partial charge in [0, 0.05) is 31.7 Å². The third-order valence-electron chi connectivity index (χ3n) is 4.92. The first kappa shape index (κ1) is 13.3. The van der Waals surface area contributed by atoms with Gasteiger partial charge in [0.15, 0.2) is 0 Å². The predicted octanol–water partition coefficient (Wildman–Crippen LogP) is 0.413. The average Bonchev–Trinajstić information content (AvgIpc) is 2.45. The highest BCUT2D eigenvalue weighted by molar-refractivity contribution is 5.81. The van der Waals surface area contributed by atoms with Crippen molar-refractivity contribution in [3.8, 4) is 0 Å². The van der Waals surface area contributed by atoms with Crippen molar-refractivity contribution in [1.82, 2.24) is 4.90 Å². The Labute approximate surface area is 113 Å². The van der Waals surface area contributed by atoms with Crippen molar-refractivity contribution in [1.29, 1.82) is 0 Å². The van der Waals surface area contributed by atoms with Crippen LogP contribution in [0.3, 0.4) is 0 Å². The third kappa shape index (κ3) is 2.64. The van der Waals surface area contributed by atoms with E-state index in [0.29, 0.717) is 18.6 Å². The Morgan fingerprint density at radius 3 is 2.32 bits per heavy atom. The summed E-state index contributed by atoms with van der Waals surface area (Å²) in [4.78, 5) is 14.2. The van der Waals surface area contributed by atoms with Crippen molar-refractivity contribution in [2.75, 3.05) is 39.5 Å². The number of amides is 1. The second-order valence-corrected chi connectivity index (χ2v) is 6.21. The Hall–Kier alpha value is -0.650. The van der Waals surface area contributed by atoms with Crippen LogP contribution in [-0.2, 0) is 14.3 Å². The molecule has 3 aliphatic heterocycles. The van der Waals surface area contributed by atoms with Crippen molar-refractivity contribution >= 4 is 5.91 Å². The molecule has 1 unspecified atom stereocenters. The Morgan fingerprint density at radius 2 is 1.79 bits per heavy atom. The SMILES string of the molecule is O=C(C(O)C1CCOCC1)N1CCC2(CC1)COC2. The zero-order chi connectivity index (χ0) is 13.3. The van der Waals surface area contributed by atoms with Gasteiger partial charge in [0.2, 0.25) is 0 Å². The number of hydrogen-bond acceptors (Lipinski definition) is 4. The lowest BCUT2D eigenvalue weighted by molar-refractivity contribution is -0.161. The highest BCUT2D eigenvalue weighted by Gasteiger charge is 2.43. The Kier molecular flexibility index (Phi) is 3.78. The van der Waals surface area contributed by atoms with Gasteiger partial charge in [-0.15, -0.1) is 0 Å². The molecule has 0 bridgehead atoms. The van der Waals surface area contributed by atoms with E-state index in [0.717, 1.165) is 52.0 Å². The highest BCUT2D eigenvalue weighted by atomic mass is 16.5. The molecule has 1 atom stereocenters. The van der Waals surface area contributed by atoms with Crippen molar-refractivity contribution in [3.05, 3.63) is 0 Å². The zero-order valence-corrected chi connectivity index (χ0v) is 11.3. The molecule has 0 radical (unpaired) electrons. The Bertz CT molecular complexity index is 326. The van der Waals surface area contributed by atoms with Gasteiger partial charge in [-0.05, 0) is 31.6 Å². The lowest BCUT2D eigenvalue weighted by Crippen LogP contribution is -2.54. The molecule has 0 aromatic carbocycles. The van der Waals surface area contributed by atoms with E-state index < -0.39 is 6.10 Å². The molecular formula is C14H23NO4. The molecule has 3 saturated heterocycles. The number of aliphatic hydroxyl groups excluding tert-OH is 1. The second kappa shape index (κ2) is 5.38. The summed E-state index contributed by atoms with van der Waals surface area (Å²) in [5.74, 6) is -0.00818. The van der Waals surface area contributed by atoms with Crippen LogP contribution < -0.4 is 0 Å². The average molecular weight is 269 g/mol. The highest BCUT2D eigenvalue weighted by Crippen LogP contribution is 2.38. The van der Waals surface area contributed by atoms with Crippen LogP contribution in [0.15, 0.2) is 0 Å². The van der Waals surface area contributed by atoms with Crippen LogP contribution in [0.25, 0.3) is 0 Å². The van der Waals surface area contributed by atoms with Crippen LogP contribution in [0.2, 0.25) is 0 Å². The number of nitrogens with zero attached hydrogens (tertiary/aromatic N) is 1. The van der Waals surface area contributed by atoms with Crippen LogP contribution in [0, 0.1) is 11.3 Å². The van der Waals surface area contributed by atoms with Crippen LogP contribution in [0.5, 0.6) is 0 Å². The van der Waals surface area contributed by atoms with Crippen LogP contribution >= 0.6 is 0 Å². The maximum absolute atomic E-state index is 12.3. The number of aliphatic hydroxyl groups is 1. The minimum absolute atomic E-state index is 0.0733. The Balaban J connectivity index is 1.52. The summed E-state index contributed by atoms with van der Waals surface area (Å²) in [5, 5.41) is 10.2. The molecule has 1 N–H and O–H groups in total. The summed E-state index contributed by atoms with van der Waals surface area (Å²) < 4.78 is 10.6. The van der Waals surface area contributed by atoms with Crippen molar-refractivity contribution < 1.29 is 19.4 Å². The molecule has 3 fully saturated rings. The van der Waals surface area contributed by atoms with E-state index in [1.807, 2.05) is 4.90 Å². The van der Waals surface area contributed by atoms with Crippen molar-refractivity contribution in [2.45, 2.75) is 31.8 Å². The fourth-order valence-electron chi connectivity index (χ4n) is 3.30. The fraction of sp³-hybridized carbons (Fsp3) is 0.929. The number of carbonyl (C=O) groups excluding carboxylic acids is 1. The molecule has 0 saturated carbocycles. The van der Waals surface area contributed by atoms with Crippen LogP contribution in [0.1, 0.15) is 25.7 Å². The molecule has 5 heteroatoms. The Morgan fingerprint density at radius 1 is 1.16 bits per heavy atom. The van der Waals surface area contributed by atoms with E-state index in [-0.39, 0.29) is 11.8 Å². The van der Waals surface area contributed by atoms with Gasteiger partial charge in [-0.1, -0.05) is 0 Å². The maximum atomic E-state index is 12.3. The first-order valence-corrected chi connectivity index (χ1v) is 7.33. The molecule has 1 spiro atoms.